The van der Waals surface area contributed by atoms with Gasteiger partial charge in [-0.3, -0.25) is 0 Å². The predicted octanol–water partition coefficient (Wildman–Crippen LogP) is 3.09. The number of benzene rings is 1. The minimum absolute atomic E-state index is 0.291. The Kier molecular flexibility index (Phi) is 4.96. The molecule has 1 aromatic rings. The average molecular weight is 249 g/mol. The van der Waals surface area contributed by atoms with E-state index in [9.17, 15) is 4.39 Å². The van der Waals surface area contributed by atoms with Crippen LogP contribution in [0.5, 0.6) is 0 Å². The lowest BCUT2D eigenvalue weighted by Crippen LogP contribution is -2.29. The van der Waals surface area contributed by atoms with Gasteiger partial charge >= 0.3 is 0 Å². The maximum absolute atomic E-state index is 13.4. The van der Waals surface area contributed by atoms with Crippen molar-refractivity contribution in [3.8, 4) is 6.07 Å². The first kappa shape index (κ1) is 14.3. The highest BCUT2D eigenvalue weighted by atomic mass is 19.1. The molecule has 0 spiro atoms. The van der Waals surface area contributed by atoms with E-state index in [-0.39, 0.29) is 5.82 Å². The number of nitrogens with zero attached hydrogens (tertiary/aromatic N) is 2. The third kappa shape index (κ3) is 3.63. The van der Waals surface area contributed by atoms with E-state index < -0.39 is 0 Å². The minimum Gasteiger partial charge on any atom is -0.397 e. The van der Waals surface area contributed by atoms with Gasteiger partial charge in [0.2, 0.25) is 0 Å². The lowest BCUT2D eigenvalue weighted by atomic mass is 10.1. The highest BCUT2D eigenvalue weighted by molar-refractivity contribution is 5.68. The van der Waals surface area contributed by atoms with E-state index in [4.69, 9.17) is 11.0 Å². The Morgan fingerprint density at radius 1 is 1.44 bits per heavy atom. The largest absolute Gasteiger partial charge is 0.397 e. The van der Waals surface area contributed by atoms with Crippen LogP contribution in [0.1, 0.15) is 25.8 Å². The van der Waals surface area contributed by atoms with Crippen molar-refractivity contribution < 1.29 is 4.39 Å². The summed E-state index contributed by atoms with van der Waals surface area (Å²) in [6, 6.07) is 5.24. The van der Waals surface area contributed by atoms with Crippen molar-refractivity contribution >= 4 is 11.4 Å². The third-order valence-corrected chi connectivity index (χ3v) is 2.73. The van der Waals surface area contributed by atoms with Crippen LogP contribution in [0.2, 0.25) is 0 Å². The van der Waals surface area contributed by atoms with Crippen LogP contribution in [0.15, 0.2) is 12.1 Å². The number of nitriles is 1. The molecule has 4 heteroatoms. The predicted molar refractivity (Wildman–Crippen MR) is 72.8 cm³/mol. The molecule has 0 atom stereocenters. The van der Waals surface area contributed by atoms with E-state index in [0.717, 1.165) is 12.2 Å². The molecule has 1 rings (SSSR count). The van der Waals surface area contributed by atoms with Crippen LogP contribution in [0.4, 0.5) is 15.8 Å². The van der Waals surface area contributed by atoms with Gasteiger partial charge in [-0.1, -0.05) is 13.8 Å². The van der Waals surface area contributed by atoms with Gasteiger partial charge in [0.1, 0.15) is 5.82 Å². The monoisotopic (exact) mass is 249 g/mol. The maximum atomic E-state index is 13.4. The minimum atomic E-state index is -0.291. The molecular formula is C14H20FN3. The lowest BCUT2D eigenvalue weighted by Gasteiger charge is -2.27. The summed E-state index contributed by atoms with van der Waals surface area (Å²) < 4.78 is 13.4. The number of rotatable bonds is 5. The number of hydrogen-bond acceptors (Lipinski definition) is 3. The molecule has 3 nitrogen and oxygen atoms in total. The van der Waals surface area contributed by atoms with Gasteiger partial charge in [0.05, 0.1) is 23.9 Å². The van der Waals surface area contributed by atoms with E-state index in [0.29, 0.717) is 30.1 Å². The smallest absolute Gasteiger partial charge is 0.128 e. The Labute approximate surface area is 108 Å². The van der Waals surface area contributed by atoms with Crippen molar-refractivity contribution in [2.45, 2.75) is 27.2 Å². The van der Waals surface area contributed by atoms with E-state index >= 15 is 0 Å². The third-order valence-electron chi connectivity index (χ3n) is 2.73. The standard InChI is InChI=1S/C14H20FN3/c1-10(2)9-18(6-4-5-16)14-7-11(3)12(15)8-13(14)17/h7-8,10H,4,6,9,17H2,1-3H3. The normalized spacial score (nSPS) is 10.4. The molecule has 2 N–H and O–H groups in total. The molecule has 0 radical (unpaired) electrons. The fraction of sp³-hybridized carbons (Fsp3) is 0.500. The molecule has 0 aliphatic heterocycles. The molecule has 0 bridgehead atoms. The Bertz CT molecular complexity index is 449. The molecule has 0 aromatic heterocycles. The fourth-order valence-corrected chi connectivity index (χ4v) is 1.89. The second-order valence-corrected chi connectivity index (χ2v) is 4.91. The number of halogens is 1. The first-order valence-corrected chi connectivity index (χ1v) is 6.13. The number of aryl methyl sites for hydroxylation is 1. The van der Waals surface area contributed by atoms with Gasteiger partial charge in [-0.15, -0.1) is 0 Å². The second kappa shape index (κ2) is 6.25. The first-order valence-electron chi connectivity index (χ1n) is 6.13. The highest BCUT2D eigenvalue weighted by Crippen LogP contribution is 2.27. The number of anilines is 2. The van der Waals surface area contributed by atoms with Gasteiger partial charge in [-0.2, -0.15) is 5.26 Å². The molecule has 0 unspecified atom stereocenters. The average Bonchev–Trinajstić information content (AvgIpc) is 2.29. The summed E-state index contributed by atoms with van der Waals surface area (Å²) in [7, 11) is 0. The lowest BCUT2D eigenvalue weighted by molar-refractivity contribution is 0.606. The molecule has 0 aliphatic carbocycles. The summed E-state index contributed by atoms with van der Waals surface area (Å²) in [6.07, 6.45) is 0.433. The van der Waals surface area contributed by atoms with Crippen LogP contribution in [0.3, 0.4) is 0 Å². The molecule has 0 amide bonds. The van der Waals surface area contributed by atoms with E-state index in [1.165, 1.54) is 6.07 Å². The van der Waals surface area contributed by atoms with Crippen molar-refractivity contribution in [3.05, 3.63) is 23.5 Å². The zero-order valence-electron chi connectivity index (χ0n) is 11.2. The van der Waals surface area contributed by atoms with Gasteiger partial charge in [-0.05, 0) is 30.5 Å². The number of hydrogen-bond donors (Lipinski definition) is 1. The Morgan fingerprint density at radius 2 is 2.11 bits per heavy atom. The second-order valence-electron chi connectivity index (χ2n) is 4.91. The van der Waals surface area contributed by atoms with Crippen LogP contribution < -0.4 is 10.6 Å². The van der Waals surface area contributed by atoms with Crippen molar-refractivity contribution in [1.82, 2.24) is 0 Å². The molecule has 0 saturated carbocycles. The Morgan fingerprint density at radius 3 is 2.67 bits per heavy atom. The molecule has 0 saturated heterocycles. The molecule has 0 fully saturated rings. The summed E-state index contributed by atoms with van der Waals surface area (Å²) in [5, 5.41) is 8.70. The Hall–Kier alpha value is -1.76. The van der Waals surface area contributed by atoms with E-state index in [1.54, 1.807) is 13.0 Å². The van der Waals surface area contributed by atoms with Crippen LogP contribution in [-0.2, 0) is 0 Å². The number of nitrogen functional groups attached to an aromatic ring is 1. The molecule has 1 aromatic carbocycles. The molecule has 98 valence electrons. The molecule has 0 heterocycles. The summed E-state index contributed by atoms with van der Waals surface area (Å²) in [4.78, 5) is 2.05. The zero-order valence-corrected chi connectivity index (χ0v) is 11.2. The molecule has 0 aliphatic rings. The van der Waals surface area contributed by atoms with Gasteiger partial charge in [0, 0.05) is 13.1 Å². The Balaban J connectivity index is 3.04. The number of nitrogens with two attached hydrogens (primary N) is 1. The highest BCUT2D eigenvalue weighted by Gasteiger charge is 2.13. The first-order chi connectivity index (χ1) is 8.45. The zero-order chi connectivity index (χ0) is 13.7. The van der Waals surface area contributed by atoms with Crippen molar-refractivity contribution in [1.29, 1.82) is 5.26 Å². The summed E-state index contributed by atoms with van der Waals surface area (Å²) >= 11 is 0. The van der Waals surface area contributed by atoms with Gasteiger partial charge in [-0.25, -0.2) is 4.39 Å². The fourth-order valence-electron chi connectivity index (χ4n) is 1.89. The van der Waals surface area contributed by atoms with Gasteiger partial charge in [0.25, 0.3) is 0 Å². The topological polar surface area (TPSA) is 53.0 Å². The maximum Gasteiger partial charge on any atom is 0.128 e. The van der Waals surface area contributed by atoms with Crippen LogP contribution in [-0.4, -0.2) is 13.1 Å². The van der Waals surface area contributed by atoms with Crippen LogP contribution in [0.25, 0.3) is 0 Å². The van der Waals surface area contributed by atoms with Crippen LogP contribution in [0, 0.1) is 30.0 Å². The molecule has 18 heavy (non-hydrogen) atoms. The summed E-state index contributed by atoms with van der Waals surface area (Å²) in [5.74, 6) is 0.162. The van der Waals surface area contributed by atoms with Crippen molar-refractivity contribution in [2.24, 2.45) is 5.92 Å². The van der Waals surface area contributed by atoms with Gasteiger partial charge in [0.15, 0.2) is 0 Å². The van der Waals surface area contributed by atoms with Gasteiger partial charge < -0.3 is 10.6 Å². The van der Waals surface area contributed by atoms with E-state index in [1.807, 2.05) is 0 Å². The quantitative estimate of drug-likeness (QED) is 0.816. The van der Waals surface area contributed by atoms with Crippen molar-refractivity contribution in [2.75, 3.05) is 23.7 Å². The summed E-state index contributed by atoms with van der Waals surface area (Å²) in [5.41, 5.74) is 7.69. The SMILES string of the molecule is Cc1cc(N(CCC#N)CC(C)C)c(N)cc1F. The van der Waals surface area contributed by atoms with Crippen molar-refractivity contribution in [3.63, 3.8) is 0 Å². The molecular weight excluding hydrogens is 229 g/mol. The van der Waals surface area contributed by atoms with Crippen LogP contribution >= 0.6 is 0 Å². The van der Waals surface area contributed by atoms with E-state index in [2.05, 4.69) is 24.8 Å². The summed E-state index contributed by atoms with van der Waals surface area (Å²) in [6.45, 7) is 7.34.